The number of nitrogens with one attached hydrogen (secondary N) is 1. The fraction of sp³-hybridized carbons (Fsp3) is 0.500. The second-order valence-corrected chi connectivity index (χ2v) is 7.05. The van der Waals surface area contributed by atoms with Gasteiger partial charge in [-0.25, -0.2) is 4.98 Å². The molecule has 3 heteroatoms. The number of nitrogens with zero attached hydrogens (tertiary/aromatic N) is 1. The smallest absolute Gasteiger partial charge is 0.0934 e. The Morgan fingerprint density at radius 3 is 3.05 bits per heavy atom. The number of hydrogen-bond donors (Lipinski definition) is 1. The lowest BCUT2D eigenvalue weighted by Gasteiger charge is -2.39. The standard InChI is InChI=1S/C18H24N2S/c1-2-10-19-14-18(13-17-20-11-12-21-17)9-5-7-15-6-3-4-8-16(15)18/h3-4,6,8,11-12,19H,2,5,7,9-10,13-14H2,1H3. The van der Waals surface area contributed by atoms with Crippen molar-refractivity contribution < 1.29 is 0 Å². The fourth-order valence-electron chi connectivity index (χ4n) is 3.57. The van der Waals surface area contributed by atoms with Gasteiger partial charge in [0.15, 0.2) is 0 Å². The van der Waals surface area contributed by atoms with Gasteiger partial charge >= 0.3 is 0 Å². The van der Waals surface area contributed by atoms with Crippen molar-refractivity contribution in [1.82, 2.24) is 10.3 Å². The summed E-state index contributed by atoms with van der Waals surface area (Å²) in [5.41, 5.74) is 3.32. The van der Waals surface area contributed by atoms with E-state index in [1.165, 1.54) is 30.7 Å². The molecular formula is C18H24N2S. The molecule has 0 saturated heterocycles. The lowest BCUT2D eigenvalue weighted by Crippen LogP contribution is -2.43. The van der Waals surface area contributed by atoms with E-state index in [4.69, 9.17) is 0 Å². The van der Waals surface area contributed by atoms with Gasteiger partial charge < -0.3 is 5.32 Å². The molecule has 0 fully saturated rings. The van der Waals surface area contributed by atoms with E-state index in [1.807, 2.05) is 6.20 Å². The van der Waals surface area contributed by atoms with Crippen molar-refractivity contribution in [2.45, 2.75) is 44.4 Å². The van der Waals surface area contributed by atoms with Crippen LogP contribution in [0.3, 0.4) is 0 Å². The summed E-state index contributed by atoms with van der Waals surface area (Å²) in [7, 11) is 0. The van der Waals surface area contributed by atoms with Crippen LogP contribution in [0.25, 0.3) is 0 Å². The van der Waals surface area contributed by atoms with Crippen LogP contribution in [0.1, 0.15) is 42.3 Å². The Bertz CT molecular complexity index is 564. The van der Waals surface area contributed by atoms with Gasteiger partial charge in [-0.05, 0) is 43.4 Å². The Morgan fingerprint density at radius 2 is 2.24 bits per heavy atom. The van der Waals surface area contributed by atoms with Crippen LogP contribution in [0, 0.1) is 0 Å². The van der Waals surface area contributed by atoms with E-state index >= 15 is 0 Å². The molecule has 0 saturated carbocycles. The summed E-state index contributed by atoms with van der Waals surface area (Å²) in [6.45, 7) is 4.40. The normalized spacial score (nSPS) is 21.2. The highest BCUT2D eigenvalue weighted by Gasteiger charge is 2.36. The molecule has 21 heavy (non-hydrogen) atoms. The predicted octanol–water partition coefficient (Wildman–Crippen LogP) is 3.96. The summed E-state index contributed by atoms with van der Waals surface area (Å²) in [5, 5.41) is 7.04. The van der Waals surface area contributed by atoms with Gasteiger partial charge in [-0.2, -0.15) is 0 Å². The van der Waals surface area contributed by atoms with Gasteiger partial charge in [0.05, 0.1) is 5.01 Å². The van der Waals surface area contributed by atoms with E-state index < -0.39 is 0 Å². The van der Waals surface area contributed by atoms with Crippen LogP contribution >= 0.6 is 11.3 Å². The highest BCUT2D eigenvalue weighted by Crippen LogP contribution is 2.40. The van der Waals surface area contributed by atoms with Crippen molar-refractivity contribution >= 4 is 11.3 Å². The molecule has 0 bridgehead atoms. The van der Waals surface area contributed by atoms with Gasteiger partial charge in [0.1, 0.15) is 0 Å². The summed E-state index contributed by atoms with van der Waals surface area (Å²) >= 11 is 1.79. The third kappa shape index (κ3) is 3.19. The molecule has 2 aromatic rings. The third-order valence-electron chi connectivity index (χ3n) is 4.55. The SMILES string of the molecule is CCCNCC1(Cc2nccs2)CCCc2ccccc21. The van der Waals surface area contributed by atoms with Crippen molar-refractivity contribution in [3.8, 4) is 0 Å². The zero-order valence-electron chi connectivity index (χ0n) is 12.8. The average Bonchev–Trinajstić information content (AvgIpc) is 3.01. The molecule has 1 aliphatic rings. The van der Waals surface area contributed by atoms with Crippen LogP contribution in [0.5, 0.6) is 0 Å². The molecule has 0 radical (unpaired) electrons. The Balaban J connectivity index is 1.92. The van der Waals surface area contributed by atoms with Crippen LogP contribution in [0.2, 0.25) is 0 Å². The van der Waals surface area contributed by atoms with Gasteiger partial charge in [0.25, 0.3) is 0 Å². The second kappa shape index (κ2) is 6.71. The van der Waals surface area contributed by atoms with E-state index in [0.29, 0.717) is 0 Å². The van der Waals surface area contributed by atoms with Gasteiger partial charge in [-0.3, -0.25) is 0 Å². The summed E-state index contributed by atoms with van der Waals surface area (Å²) in [4.78, 5) is 4.55. The minimum absolute atomic E-state index is 0.224. The van der Waals surface area contributed by atoms with Crippen LogP contribution in [-0.2, 0) is 18.3 Å². The van der Waals surface area contributed by atoms with Crippen molar-refractivity contribution in [3.63, 3.8) is 0 Å². The molecule has 1 N–H and O–H groups in total. The van der Waals surface area contributed by atoms with Gasteiger partial charge in [0, 0.05) is 30.0 Å². The number of fused-ring (bicyclic) bond motifs is 1. The Kier molecular flexibility index (Phi) is 4.71. The van der Waals surface area contributed by atoms with E-state index in [-0.39, 0.29) is 5.41 Å². The molecule has 1 aromatic heterocycles. The summed E-state index contributed by atoms with van der Waals surface area (Å²) in [5.74, 6) is 0. The molecule has 1 aliphatic carbocycles. The molecule has 1 unspecified atom stereocenters. The zero-order valence-corrected chi connectivity index (χ0v) is 13.6. The second-order valence-electron chi connectivity index (χ2n) is 6.07. The van der Waals surface area contributed by atoms with Crippen LogP contribution in [-0.4, -0.2) is 18.1 Å². The van der Waals surface area contributed by atoms with E-state index in [1.54, 1.807) is 22.5 Å². The average molecular weight is 300 g/mol. The molecular weight excluding hydrogens is 276 g/mol. The first-order chi connectivity index (χ1) is 10.3. The molecule has 3 rings (SSSR count). The molecule has 1 aromatic carbocycles. The lowest BCUT2D eigenvalue weighted by atomic mass is 9.68. The minimum Gasteiger partial charge on any atom is -0.316 e. The van der Waals surface area contributed by atoms with Crippen LogP contribution in [0.4, 0.5) is 0 Å². The van der Waals surface area contributed by atoms with Gasteiger partial charge in [0.2, 0.25) is 0 Å². The third-order valence-corrected chi connectivity index (χ3v) is 5.33. The van der Waals surface area contributed by atoms with Crippen molar-refractivity contribution in [1.29, 1.82) is 0 Å². The number of aryl methyl sites for hydroxylation is 1. The number of aromatic nitrogens is 1. The Morgan fingerprint density at radius 1 is 1.33 bits per heavy atom. The molecule has 0 aliphatic heterocycles. The fourth-order valence-corrected chi connectivity index (χ4v) is 4.33. The number of rotatable bonds is 6. The molecule has 1 heterocycles. The van der Waals surface area contributed by atoms with Crippen LogP contribution in [0.15, 0.2) is 35.8 Å². The van der Waals surface area contributed by atoms with E-state index in [0.717, 1.165) is 19.5 Å². The summed E-state index contributed by atoms with van der Waals surface area (Å²) < 4.78 is 0. The topological polar surface area (TPSA) is 24.9 Å². The molecule has 112 valence electrons. The van der Waals surface area contributed by atoms with Crippen molar-refractivity contribution in [3.05, 3.63) is 52.0 Å². The largest absolute Gasteiger partial charge is 0.316 e. The van der Waals surface area contributed by atoms with E-state index in [9.17, 15) is 0 Å². The van der Waals surface area contributed by atoms with Crippen LogP contribution < -0.4 is 5.32 Å². The first kappa shape index (κ1) is 14.7. The first-order valence-electron chi connectivity index (χ1n) is 8.01. The number of hydrogen-bond acceptors (Lipinski definition) is 3. The lowest BCUT2D eigenvalue weighted by molar-refractivity contribution is 0.336. The van der Waals surface area contributed by atoms with Crippen molar-refractivity contribution in [2.24, 2.45) is 0 Å². The first-order valence-corrected chi connectivity index (χ1v) is 8.89. The van der Waals surface area contributed by atoms with Crippen molar-refractivity contribution in [2.75, 3.05) is 13.1 Å². The maximum atomic E-state index is 4.55. The Hall–Kier alpha value is -1.19. The molecule has 2 nitrogen and oxygen atoms in total. The zero-order chi connectivity index (χ0) is 14.5. The van der Waals surface area contributed by atoms with Gasteiger partial charge in [-0.1, -0.05) is 31.2 Å². The predicted molar refractivity (Wildman–Crippen MR) is 90.0 cm³/mol. The highest BCUT2D eigenvalue weighted by molar-refractivity contribution is 7.09. The quantitative estimate of drug-likeness (QED) is 0.817. The summed E-state index contributed by atoms with van der Waals surface area (Å²) in [6.07, 6.45) is 7.97. The monoisotopic (exact) mass is 300 g/mol. The molecule has 1 atom stereocenters. The number of benzene rings is 1. The molecule has 0 spiro atoms. The molecule has 0 amide bonds. The minimum atomic E-state index is 0.224. The maximum absolute atomic E-state index is 4.55. The summed E-state index contributed by atoms with van der Waals surface area (Å²) in [6, 6.07) is 9.03. The Labute approximate surface area is 131 Å². The highest BCUT2D eigenvalue weighted by atomic mass is 32.1. The number of thiazole rings is 1. The maximum Gasteiger partial charge on any atom is 0.0934 e. The van der Waals surface area contributed by atoms with E-state index in [2.05, 4.69) is 46.9 Å². The van der Waals surface area contributed by atoms with Gasteiger partial charge in [-0.15, -0.1) is 11.3 Å².